The van der Waals surface area contributed by atoms with E-state index in [0.29, 0.717) is 5.69 Å². The van der Waals surface area contributed by atoms with Crippen molar-refractivity contribution in [2.24, 2.45) is 0 Å². The lowest BCUT2D eigenvalue weighted by molar-refractivity contribution is 0.0689. The summed E-state index contributed by atoms with van der Waals surface area (Å²) in [6, 6.07) is 16.2. The number of benzene rings is 2. The summed E-state index contributed by atoms with van der Waals surface area (Å²) in [6.45, 7) is 0.201. The first-order valence-electron chi connectivity index (χ1n) is 8.49. The molecule has 2 aromatic carbocycles. The monoisotopic (exact) mass is 363 g/mol. The van der Waals surface area contributed by atoms with Crippen LogP contribution in [0.2, 0.25) is 0 Å². The van der Waals surface area contributed by atoms with Gasteiger partial charge in [-0.1, -0.05) is 48.5 Å². The molecule has 3 aromatic rings. The van der Waals surface area contributed by atoms with Gasteiger partial charge in [-0.15, -0.1) is 0 Å². The standard InChI is InChI=1S/C20H17N3O4/c24-19(25)18-17(22-11-23-18)9-21-20(26)27-10-16-14-7-3-1-5-12(14)13-6-2-4-8-15(13)16/h1-8,11,16H,9-10H2,(H,21,26)(H,22,23)(H,24,25). The van der Waals surface area contributed by atoms with Crippen molar-refractivity contribution in [2.75, 3.05) is 6.61 Å². The van der Waals surface area contributed by atoms with Gasteiger partial charge in [0.15, 0.2) is 5.69 Å². The Morgan fingerprint density at radius 2 is 1.70 bits per heavy atom. The first-order valence-corrected chi connectivity index (χ1v) is 8.49. The number of aromatic carboxylic acids is 1. The average molecular weight is 363 g/mol. The molecule has 0 saturated carbocycles. The molecule has 3 N–H and O–H groups in total. The number of imidazole rings is 1. The van der Waals surface area contributed by atoms with Crippen molar-refractivity contribution in [1.82, 2.24) is 15.3 Å². The maximum atomic E-state index is 12.1. The summed E-state index contributed by atoms with van der Waals surface area (Å²) >= 11 is 0. The van der Waals surface area contributed by atoms with Crippen LogP contribution in [0.1, 0.15) is 33.2 Å². The fraction of sp³-hybridized carbons (Fsp3) is 0.150. The number of hydrogen-bond acceptors (Lipinski definition) is 4. The summed E-state index contributed by atoms with van der Waals surface area (Å²) in [5.74, 6) is -1.18. The zero-order valence-corrected chi connectivity index (χ0v) is 14.3. The molecule has 0 spiro atoms. The summed E-state index contributed by atoms with van der Waals surface area (Å²) in [5.41, 5.74) is 4.78. The van der Waals surface area contributed by atoms with Gasteiger partial charge < -0.3 is 20.1 Å². The number of aromatic amines is 1. The molecular formula is C20H17N3O4. The number of carbonyl (C=O) groups excluding carboxylic acids is 1. The van der Waals surface area contributed by atoms with E-state index in [1.165, 1.54) is 6.33 Å². The maximum Gasteiger partial charge on any atom is 0.407 e. The number of H-pyrrole nitrogens is 1. The molecule has 7 heteroatoms. The fourth-order valence-electron chi connectivity index (χ4n) is 3.45. The van der Waals surface area contributed by atoms with Crippen LogP contribution in [0, 0.1) is 0 Å². The van der Waals surface area contributed by atoms with Gasteiger partial charge in [-0.25, -0.2) is 14.6 Å². The Hall–Kier alpha value is -3.61. The van der Waals surface area contributed by atoms with Crippen LogP contribution in [0.4, 0.5) is 4.79 Å². The SMILES string of the molecule is O=C(NCc1[nH]cnc1C(=O)O)OCC1c2ccccc2-c2ccccc21. The van der Waals surface area contributed by atoms with Crippen LogP contribution >= 0.6 is 0 Å². The van der Waals surface area contributed by atoms with Gasteiger partial charge in [-0.3, -0.25) is 0 Å². The number of carboxylic acids is 1. The van der Waals surface area contributed by atoms with E-state index in [0.717, 1.165) is 22.3 Å². The smallest absolute Gasteiger partial charge is 0.407 e. The highest BCUT2D eigenvalue weighted by Crippen LogP contribution is 2.44. The van der Waals surface area contributed by atoms with Crippen LogP contribution in [-0.2, 0) is 11.3 Å². The zero-order valence-electron chi connectivity index (χ0n) is 14.3. The quantitative estimate of drug-likeness (QED) is 0.646. The zero-order chi connectivity index (χ0) is 18.8. The minimum absolute atomic E-state index is 0.00168. The molecule has 27 heavy (non-hydrogen) atoms. The highest BCUT2D eigenvalue weighted by atomic mass is 16.5. The van der Waals surface area contributed by atoms with Crippen LogP contribution < -0.4 is 5.32 Å². The number of nitrogens with one attached hydrogen (secondary N) is 2. The third-order valence-corrected chi connectivity index (χ3v) is 4.67. The Morgan fingerprint density at radius 3 is 2.33 bits per heavy atom. The van der Waals surface area contributed by atoms with Crippen molar-refractivity contribution in [3.63, 3.8) is 0 Å². The molecule has 1 aliphatic rings. The third-order valence-electron chi connectivity index (χ3n) is 4.67. The number of carboxylic acid groups (broad SMARTS) is 1. The minimum atomic E-state index is -1.15. The van der Waals surface area contributed by atoms with E-state index in [9.17, 15) is 9.59 Å². The molecule has 0 aliphatic heterocycles. The number of alkyl carbamates (subject to hydrolysis) is 1. The van der Waals surface area contributed by atoms with E-state index in [1.54, 1.807) is 0 Å². The molecular weight excluding hydrogens is 346 g/mol. The third kappa shape index (κ3) is 3.15. The summed E-state index contributed by atoms with van der Waals surface area (Å²) in [5, 5.41) is 11.6. The van der Waals surface area contributed by atoms with Gasteiger partial charge in [0.2, 0.25) is 0 Å². The normalized spacial score (nSPS) is 12.3. The van der Waals surface area contributed by atoms with Crippen LogP contribution in [0.5, 0.6) is 0 Å². The first kappa shape index (κ1) is 16.8. The summed E-state index contributed by atoms with van der Waals surface area (Å²) in [4.78, 5) is 29.5. The van der Waals surface area contributed by atoms with Crippen LogP contribution in [-0.4, -0.2) is 33.7 Å². The van der Waals surface area contributed by atoms with Crippen molar-refractivity contribution in [3.05, 3.63) is 77.4 Å². The second-order valence-corrected chi connectivity index (χ2v) is 6.21. The Morgan fingerprint density at radius 1 is 1.07 bits per heavy atom. The molecule has 0 atom stereocenters. The Bertz CT molecular complexity index is 966. The van der Waals surface area contributed by atoms with Gasteiger partial charge in [-0.2, -0.15) is 0 Å². The first-order chi connectivity index (χ1) is 13.1. The molecule has 0 bridgehead atoms. The predicted octanol–water partition coefficient (Wildman–Crippen LogP) is 3.15. The van der Waals surface area contributed by atoms with Crippen LogP contribution in [0.3, 0.4) is 0 Å². The van der Waals surface area contributed by atoms with Gasteiger partial charge >= 0.3 is 12.1 Å². The molecule has 0 radical (unpaired) electrons. The van der Waals surface area contributed by atoms with Crippen molar-refractivity contribution in [1.29, 1.82) is 0 Å². The van der Waals surface area contributed by atoms with Crippen molar-refractivity contribution < 1.29 is 19.4 Å². The lowest BCUT2D eigenvalue weighted by Crippen LogP contribution is -2.26. The summed E-state index contributed by atoms with van der Waals surface area (Å²) in [6.07, 6.45) is 0.667. The van der Waals surface area contributed by atoms with Crippen molar-refractivity contribution in [2.45, 2.75) is 12.5 Å². The van der Waals surface area contributed by atoms with Crippen LogP contribution in [0.15, 0.2) is 54.9 Å². The average Bonchev–Trinajstić information content (AvgIpc) is 3.28. The molecule has 0 fully saturated rings. The molecule has 4 rings (SSSR count). The molecule has 7 nitrogen and oxygen atoms in total. The minimum Gasteiger partial charge on any atom is -0.476 e. The molecule has 0 saturated heterocycles. The Balaban J connectivity index is 1.42. The van der Waals surface area contributed by atoms with Gasteiger partial charge in [-0.05, 0) is 22.3 Å². The molecule has 1 amide bonds. The number of nitrogens with zero attached hydrogens (tertiary/aromatic N) is 1. The molecule has 1 heterocycles. The van der Waals surface area contributed by atoms with E-state index in [1.807, 2.05) is 36.4 Å². The topological polar surface area (TPSA) is 104 Å². The number of ether oxygens (including phenoxy) is 1. The van der Waals surface area contributed by atoms with E-state index in [2.05, 4.69) is 27.4 Å². The van der Waals surface area contributed by atoms with Crippen molar-refractivity contribution >= 4 is 12.1 Å². The fourth-order valence-corrected chi connectivity index (χ4v) is 3.45. The second-order valence-electron chi connectivity index (χ2n) is 6.21. The summed E-state index contributed by atoms with van der Waals surface area (Å²) in [7, 11) is 0. The van der Waals surface area contributed by atoms with Gasteiger partial charge in [0, 0.05) is 5.92 Å². The number of aromatic nitrogens is 2. The highest BCUT2D eigenvalue weighted by molar-refractivity contribution is 5.86. The number of fused-ring (bicyclic) bond motifs is 3. The number of rotatable bonds is 5. The van der Waals surface area contributed by atoms with Crippen LogP contribution in [0.25, 0.3) is 11.1 Å². The molecule has 1 aromatic heterocycles. The lowest BCUT2D eigenvalue weighted by Gasteiger charge is -2.14. The highest BCUT2D eigenvalue weighted by Gasteiger charge is 2.29. The maximum absolute atomic E-state index is 12.1. The largest absolute Gasteiger partial charge is 0.476 e. The lowest BCUT2D eigenvalue weighted by atomic mass is 9.98. The van der Waals surface area contributed by atoms with E-state index < -0.39 is 12.1 Å². The van der Waals surface area contributed by atoms with E-state index >= 15 is 0 Å². The van der Waals surface area contributed by atoms with Gasteiger partial charge in [0.05, 0.1) is 18.6 Å². The van der Waals surface area contributed by atoms with E-state index in [-0.39, 0.29) is 24.8 Å². The number of hydrogen-bond donors (Lipinski definition) is 3. The summed E-state index contributed by atoms with van der Waals surface area (Å²) < 4.78 is 5.41. The Labute approximate surface area is 155 Å². The molecule has 0 unspecified atom stereocenters. The van der Waals surface area contributed by atoms with Gasteiger partial charge in [0.1, 0.15) is 6.61 Å². The molecule has 1 aliphatic carbocycles. The van der Waals surface area contributed by atoms with Gasteiger partial charge in [0.25, 0.3) is 0 Å². The number of amides is 1. The van der Waals surface area contributed by atoms with E-state index in [4.69, 9.17) is 9.84 Å². The second kappa shape index (κ2) is 6.95. The molecule has 136 valence electrons. The Kier molecular flexibility index (Phi) is 4.33. The van der Waals surface area contributed by atoms with Crippen molar-refractivity contribution in [3.8, 4) is 11.1 Å². The number of carbonyl (C=O) groups is 2. The predicted molar refractivity (Wildman–Crippen MR) is 97.5 cm³/mol.